The molecular formula is C11H16O5. The summed E-state index contributed by atoms with van der Waals surface area (Å²) in [6, 6.07) is 0. The van der Waals surface area contributed by atoms with Crippen molar-refractivity contribution in [1.29, 1.82) is 0 Å². The van der Waals surface area contributed by atoms with Gasteiger partial charge in [0, 0.05) is 11.1 Å². The maximum absolute atomic E-state index is 11.2. The second-order valence-corrected chi connectivity index (χ2v) is 3.41. The molecule has 0 amide bonds. The van der Waals surface area contributed by atoms with Gasteiger partial charge in [0.05, 0.1) is 6.42 Å². The smallest absolute Gasteiger partial charge is 0.373 e. The van der Waals surface area contributed by atoms with Gasteiger partial charge in [-0.25, -0.2) is 9.59 Å². The van der Waals surface area contributed by atoms with Gasteiger partial charge < -0.3 is 14.6 Å². The molecule has 0 saturated heterocycles. The fraction of sp³-hybridized carbons (Fsp3) is 0.455. The summed E-state index contributed by atoms with van der Waals surface area (Å²) < 4.78 is 9.20. The molecule has 0 saturated carbocycles. The quantitative estimate of drug-likeness (QED) is 0.436. The molecule has 0 aliphatic carbocycles. The normalized spacial score (nSPS) is 10.5. The van der Waals surface area contributed by atoms with E-state index in [0.29, 0.717) is 0 Å². The summed E-state index contributed by atoms with van der Waals surface area (Å²) in [5, 5.41) is 9.69. The molecule has 5 nitrogen and oxygen atoms in total. The zero-order chi connectivity index (χ0) is 12.9. The molecule has 0 aliphatic rings. The number of ether oxygens (including phenoxy) is 2. The summed E-state index contributed by atoms with van der Waals surface area (Å²) in [6.45, 7) is 11.0. The molecule has 0 fully saturated rings. The van der Waals surface area contributed by atoms with Crippen LogP contribution in [0.3, 0.4) is 0 Å². The second kappa shape index (κ2) is 5.46. The van der Waals surface area contributed by atoms with Crippen LogP contribution in [-0.2, 0) is 19.1 Å². The number of hydrogen-bond donors (Lipinski definition) is 1. The number of hydrogen-bond acceptors (Lipinski definition) is 5. The minimum atomic E-state index is -2.27. The molecule has 0 bridgehead atoms. The van der Waals surface area contributed by atoms with Crippen LogP contribution in [0.1, 0.15) is 27.2 Å². The van der Waals surface area contributed by atoms with Crippen molar-refractivity contribution in [2.24, 2.45) is 0 Å². The van der Waals surface area contributed by atoms with E-state index in [4.69, 9.17) is 0 Å². The van der Waals surface area contributed by atoms with Crippen LogP contribution in [0.2, 0.25) is 0 Å². The minimum absolute atomic E-state index is 0.0922. The SMILES string of the molecule is C=C(C)C(=O)OC(O)(CC)OC(=O)C(=C)C. The van der Waals surface area contributed by atoms with Gasteiger partial charge >= 0.3 is 17.9 Å². The van der Waals surface area contributed by atoms with Crippen LogP contribution >= 0.6 is 0 Å². The molecule has 0 aromatic carbocycles. The summed E-state index contributed by atoms with van der Waals surface area (Å²) in [5.41, 5.74) is 0.191. The van der Waals surface area contributed by atoms with Crippen molar-refractivity contribution in [2.75, 3.05) is 0 Å². The third kappa shape index (κ3) is 4.27. The van der Waals surface area contributed by atoms with Gasteiger partial charge in [0.15, 0.2) is 0 Å². The highest BCUT2D eigenvalue weighted by molar-refractivity contribution is 5.88. The Kier molecular flexibility index (Phi) is 4.91. The predicted octanol–water partition coefficient (Wildman–Crippen LogP) is 1.28. The van der Waals surface area contributed by atoms with E-state index in [1.54, 1.807) is 0 Å². The van der Waals surface area contributed by atoms with Gasteiger partial charge in [-0.05, 0) is 13.8 Å². The molecule has 0 unspecified atom stereocenters. The Morgan fingerprint density at radius 3 is 1.62 bits per heavy atom. The molecule has 5 heteroatoms. The van der Waals surface area contributed by atoms with Crippen LogP contribution in [0.15, 0.2) is 24.3 Å². The first-order valence-electron chi connectivity index (χ1n) is 4.72. The maximum Gasteiger partial charge on any atom is 0.373 e. The van der Waals surface area contributed by atoms with Crippen molar-refractivity contribution >= 4 is 11.9 Å². The number of carbonyl (C=O) groups is 2. The Labute approximate surface area is 94.4 Å². The van der Waals surface area contributed by atoms with Gasteiger partial charge in [0.25, 0.3) is 0 Å². The minimum Gasteiger partial charge on any atom is -0.395 e. The average Bonchev–Trinajstić information content (AvgIpc) is 2.17. The molecule has 1 N–H and O–H groups in total. The Balaban J connectivity index is 4.66. The molecule has 0 rings (SSSR count). The van der Waals surface area contributed by atoms with E-state index >= 15 is 0 Å². The second-order valence-electron chi connectivity index (χ2n) is 3.41. The summed E-state index contributed by atoms with van der Waals surface area (Å²) >= 11 is 0. The van der Waals surface area contributed by atoms with E-state index in [0.717, 1.165) is 0 Å². The van der Waals surface area contributed by atoms with Crippen molar-refractivity contribution in [2.45, 2.75) is 33.2 Å². The zero-order valence-corrected chi connectivity index (χ0v) is 9.70. The van der Waals surface area contributed by atoms with Crippen LogP contribution in [-0.4, -0.2) is 23.0 Å². The predicted molar refractivity (Wildman–Crippen MR) is 57.1 cm³/mol. The van der Waals surface area contributed by atoms with Crippen LogP contribution in [0, 0.1) is 0 Å². The van der Waals surface area contributed by atoms with Crippen LogP contribution < -0.4 is 0 Å². The molecule has 0 atom stereocenters. The number of aliphatic hydroxyl groups is 1. The van der Waals surface area contributed by atoms with Crippen LogP contribution in [0.4, 0.5) is 0 Å². The first-order chi connectivity index (χ1) is 7.22. The van der Waals surface area contributed by atoms with Crippen LogP contribution in [0.25, 0.3) is 0 Å². The summed E-state index contributed by atoms with van der Waals surface area (Å²) in [7, 11) is 0. The van der Waals surface area contributed by atoms with E-state index in [9.17, 15) is 14.7 Å². The zero-order valence-electron chi connectivity index (χ0n) is 9.70. The molecule has 0 aromatic rings. The third-order valence-corrected chi connectivity index (χ3v) is 1.65. The average molecular weight is 228 g/mol. The molecular weight excluding hydrogens is 212 g/mol. The third-order valence-electron chi connectivity index (χ3n) is 1.65. The molecule has 0 radical (unpaired) electrons. The molecule has 0 spiro atoms. The van der Waals surface area contributed by atoms with Gasteiger partial charge in [-0.15, -0.1) is 0 Å². The Morgan fingerprint density at radius 1 is 1.12 bits per heavy atom. The lowest BCUT2D eigenvalue weighted by molar-refractivity contribution is -0.322. The standard InChI is InChI=1S/C11H16O5/c1-6-11(14,15-9(12)7(2)3)16-10(13)8(4)5/h14H,2,4,6H2,1,3,5H3. The van der Waals surface area contributed by atoms with E-state index in [2.05, 4.69) is 22.6 Å². The highest BCUT2D eigenvalue weighted by Gasteiger charge is 2.34. The van der Waals surface area contributed by atoms with Gasteiger partial charge in [0.1, 0.15) is 0 Å². The van der Waals surface area contributed by atoms with Crippen molar-refractivity contribution in [3.63, 3.8) is 0 Å². The summed E-state index contributed by atoms with van der Waals surface area (Å²) in [4.78, 5) is 22.3. The van der Waals surface area contributed by atoms with Crippen molar-refractivity contribution < 1.29 is 24.2 Å². The summed E-state index contributed by atoms with van der Waals surface area (Å²) in [6.07, 6.45) is -0.0922. The first kappa shape index (κ1) is 14.4. The summed E-state index contributed by atoms with van der Waals surface area (Å²) in [5.74, 6) is -3.94. The molecule has 0 heterocycles. The van der Waals surface area contributed by atoms with Crippen molar-refractivity contribution in [3.8, 4) is 0 Å². The highest BCUT2D eigenvalue weighted by atomic mass is 16.8. The molecule has 0 aliphatic heterocycles. The highest BCUT2D eigenvalue weighted by Crippen LogP contribution is 2.17. The van der Waals surface area contributed by atoms with Crippen LogP contribution in [0.5, 0.6) is 0 Å². The first-order valence-corrected chi connectivity index (χ1v) is 4.72. The topological polar surface area (TPSA) is 72.8 Å². The van der Waals surface area contributed by atoms with Crippen molar-refractivity contribution in [1.82, 2.24) is 0 Å². The maximum atomic E-state index is 11.2. The van der Waals surface area contributed by atoms with Crippen molar-refractivity contribution in [3.05, 3.63) is 24.3 Å². The lowest BCUT2D eigenvalue weighted by Crippen LogP contribution is -2.39. The van der Waals surface area contributed by atoms with Gasteiger partial charge in [-0.3, -0.25) is 0 Å². The van der Waals surface area contributed by atoms with E-state index in [-0.39, 0.29) is 17.6 Å². The Bertz CT molecular complexity index is 301. The fourth-order valence-electron chi connectivity index (χ4n) is 0.629. The molecule has 0 aromatic heterocycles. The van der Waals surface area contributed by atoms with E-state index in [1.165, 1.54) is 20.8 Å². The van der Waals surface area contributed by atoms with Gasteiger partial charge in [-0.2, -0.15) is 0 Å². The van der Waals surface area contributed by atoms with E-state index in [1.807, 2.05) is 0 Å². The van der Waals surface area contributed by atoms with Gasteiger partial charge in [0.2, 0.25) is 0 Å². The molecule has 16 heavy (non-hydrogen) atoms. The number of rotatable bonds is 5. The fourth-order valence-corrected chi connectivity index (χ4v) is 0.629. The largest absolute Gasteiger partial charge is 0.395 e. The number of carbonyl (C=O) groups excluding carboxylic acids is 2. The lowest BCUT2D eigenvalue weighted by atomic mass is 10.3. The van der Waals surface area contributed by atoms with E-state index < -0.39 is 17.9 Å². The lowest BCUT2D eigenvalue weighted by Gasteiger charge is -2.25. The Hall–Kier alpha value is -1.62. The number of esters is 2. The van der Waals surface area contributed by atoms with Gasteiger partial charge in [-0.1, -0.05) is 20.1 Å². The monoisotopic (exact) mass is 228 g/mol. The molecule has 90 valence electrons. The Morgan fingerprint density at radius 2 is 1.44 bits per heavy atom.